The molecule has 1 N–H and O–H groups in total. The second-order valence-corrected chi connectivity index (χ2v) is 3.51. The van der Waals surface area contributed by atoms with Crippen molar-refractivity contribution in [3.63, 3.8) is 0 Å². The summed E-state index contributed by atoms with van der Waals surface area (Å²) in [5.41, 5.74) is 0.253. The molecule has 0 radical (unpaired) electrons. The second-order valence-electron chi connectivity index (χ2n) is 3.51. The third kappa shape index (κ3) is 3.96. The van der Waals surface area contributed by atoms with Gasteiger partial charge in [-0.05, 0) is 25.1 Å². The number of carbonyl (C=O) groups excluding carboxylic acids is 1. The van der Waals surface area contributed by atoms with E-state index in [2.05, 4.69) is 4.74 Å². The van der Waals surface area contributed by atoms with E-state index in [4.69, 9.17) is 5.11 Å². The molecule has 0 fully saturated rings. The van der Waals surface area contributed by atoms with Crippen LogP contribution < -0.4 is 4.74 Å². The summed E-state index contributed by atoms with van der Waals surface area (Å²) >= 11 is 0. The topological polar surface area (TPSA) is 49.8 Å². The molecule has 0 saturated carbocycles. The van der Waals surface area contributed by atoms with E-state index in [-0.39, 0.29) is 30.4 Å². The average molecular weight is 259 g/mol. The summed E-state index contributed by atoms with van der Waals surface area (Å²) in [6, 6.07) is 5.60. The number of aliphatic hydroxyl groups is 1. The summed E-state index contributed by atoms with van der Waals surface area (Å²) in [6.07, 6.45) is 0. The third-order valence-electron chi connectivity index (χ3n) is 2.35. The summed E-state index contributed by atoms with van der Waals surface area (Å²) in [7, 11) is 0. The predicted molar refractivity (Wildman–Crippen MR) is 61.7 cm³/mol. The molecule has 0 bridgehead atoms. The third-order valence-corrected chi connectivity index (χ3v) is 2.35. The summed E-state index contributed by atoms with van der Waals surface area (Å²) in [6.45, 7) is -0.663. The fraction of sp³-hybridized carbons (Fsp3) is 0.417. The lowest BCUT2D eigenvalue weighted by molar-refractivity contribution is -0.0499. The lowest BCUT2D eigenvalue weighted by atomic mass is 10.2. The van der Waals surface area contributed by atoms with Crippen LogP contribution in [0.1, 0.15) is 17.3 Å². The molecule has 0 atom stereocenters. The standard InChI is InChI=1S/C12H15F2NO3/c1-2-15(6-7-16)11(17)9-4-3-5-10(8-9)18-12(13)14/h3-5,8,12,16H,2,6-7H2,1H3. The van der Waals surface area contributed by atoms with Crippen LogP contribution in [-0.2, 0) is 0 Å². The molecule has 1 amide bonds. The molecular formula is C12H15F2NO3. The van der Waals surface area contributed by atoms with E-state index in [1.807, 2.05) is 0 Å². The molecule has 18 heavy (non-hydrogen) atoms. The van der Waals surface area contributed by atoms with Crippen molar-refractivity contribution in [3.05, 3.63) is 29.8 Å². The minimum absolute atomic E-state index is 0.0594. The lowest BCUT2D eigenvalue weighted by Crippen LogP contribution is -2.33. The normalized spacial score (nSPS) is 10.5. The molecule has 1 rings (SSSR count). The molecular weight excluding hydrogens is 244 g/mol. The number of nitrogens with zero attached hydrogens (tertiary/aromatic N) is 1. The Labute approximate surface area is 104 Å². The minimum Gasteiger partial charge on any atom is -0.435 e. The van der Waals surface area contributed by atoms with Gasteiger partial charge >= 0.3 is 6.61 Å². The van der Waals surface area contributed by atoms with Gasteiger partial charge in [-0.15, -0.1) is 0 Å². The van der Waals surface area contributed by atoms with Crippen LogP contribution in [0.3, 0.4) is 0 Å². The first-order valence-electron chi connectivity index (χ1n) is 5.53. The van der Waals surface area contributed by atoms with Gasteiger partial charge in [0.2, 0.25) is 0 Å². The Balaban J connectivity index is 2.84. The van der Waals surface area contributed by atoms with Gasteiger partial charge < -0.3 is 14.7 Å². The molecule has 0 heterocycles. The quantitative estimate of drug-likeness (QED) is 0.846. The molecule has 100 valence electrons. The van der Waals surface area contributed by atoms with Gasteiger partial charge in [-0.2, -0.15) is 8.78 Å². The zero-order valence-electron chi connectivity index (χ0n) is 9.97. The highest BCUT2D eigenvalue weighted by atomic mass is 19.3. The Bertz CT molecular complexity index is 399. The number of hydrogen-bond acceptors (Lipinski definition) is 3. The molecule has 1 aromatic rings. The van der Waals surface area contributed by atoms with Crippen molar-refractivity contribution in [2.24, 2.45) is 0 Å². The average Bonchev–Trinajstić information content (AvgIpc) is 2.34. The summed E-state index contributed by atoms with van der Waals surface area (Å²) in [5.74, 6) is -0.387. The Morgan fingerprint density at radius 2 is 2.22 bits per heavy atom. The van der Waals surface area contributed by atoms with Crippen molar-refractivity contribution < 1.29 is 23.4 Å². The van der Waals surface area contributed by atoms with E-state index in [0.717, 1.165) is 0 Å². The van der Waals surface area contributed by atoms with Crippen LogP contribution in [0, 0.1) is 0 Å². The number of rotatable bonds is 6. The maximum atomic E-state index is 12.0. The fourth-order valence-corrected chi connectivity index (χ4v) is 1.51. The SMILES string of the molecule is CCN(CCO)C(=O)c1cccc(OC(F)F)c1. The molecule has 0 aromatic heterocycles. The van der Waals surface area contributed by atoms with Gasteiger partial charge in [-0.1, -0.05) is 6.07 Å². The zero-order valence-corrected chi connectivity index (χ0v) is 9.97. The van der Waals surface area contributed by atoms with Crippen molar-refractivity contribution in [2.75, 3.05) is 19.7 Å². The van der Waals surface area contributed by atoms with Gasteiger partial charge in [0.1, 0.15) is 5.75 Å². The van der Waals surface area contributed by atoms with Crippen LogP contribution in [0.4, 0.5) is 8.78 Å². The first-order chi connectivity index (χ1) is 8.58. The van der Waals surface area contributed by atoms with Crippen LogP contribution in [0.2, 0.25) is 0 Å². The van der Waals surface area contributed by atoms with E-state index in [1.54, 1.807) is 6.92 Å². The Kier molecular flexibility index (Phi) is 5.51. The van der Waals surface area contributed by atoms with Gasteiger partial charge in [0, 0.05) is 18.7 Å². The summed E-state index contributed by atoms with van der Waals surface area (Å²) in [5, 5.41) is 8.82. The highest BCUT2D eigenvalue weighted by Gasteiger charge is 2.14. The number of benzene rings is 1. The predicted octanol–water partition coefficient (Wildman–Crippen LogP) is 1.74. The van der Waals surface area contributed by atoms with Crippen LogP contribution in [0.25, 0.3) is 0 Å². The smallest absolute Gasteiger partial charge is 0.387 e. The Hall–Kier alpha value is -1.69. The number of carbonyl (C=O) groups is 1. The van der Waals surface area contributed by atoms with Gasteiger partial charge in [0.15, 0.2) is 0 Å². The van der Waals surface area contributed by atoms with Crippen molar-refractivity contribution in [1.82, 2.24) is 4.90 Å². The van der Waals surface area contributed by atoms with E-state index in [9.17, 15) is 13.6 Å². The number of hydrogen-bond donors (Lipinski definition) is 1. The van der Waals surface area contributed by atoms with Crippen molar-refractivity contribution in [1.29, 1.82) is 0 Å². The number of alkyl halides is 2. The van der Waals surface area contributed by atoms with Crippen LogP contribution in [0.5, 0.6) is 5.75 Å². The van der Waals surface area contributed by atoms with E-state index >= 15 is 0 Å². The largest absolute Gasteiger partial charge is 0.435 e. The lowest BCUT2D eigenvalue weighted by Gasteiger charge is -2.19. The number of amides is 1. The van der Waals surface area contributed by atoms with Crippen LogP contribution in [-0.4, -0.2) is 42.2 Å². The molecule has 0 aliphatic rings. The number of likely N-dealkylation sites (N-methyl/N-ethyl adjacent to an activating group) is 1. The number of ether oxygens (including phenoxy) is 1. The summed E-state index contributed by atoms with van der Waals surface area (Å²) in [4.78, 5) is 13.4. The van der Waals surface area contributed by atoms with E-state index in [1.165, 1.54) is 29.2 Å². The molecule has 6 heteroatoms. The highest BCUT2D eigenvalue weighted by molar-refractivity contribution is 5.94. The van der Waals surface area contributed by atoms with E-state index in [0.29, 0.717) is 6.54 Å². The summed E-state index contributed by atoms with van der Waals surface area (Å²) < 4.78 is 28.3. The van der Waals surface area contributed by atoms with Crippen LogP contribution in [0.15, 0.2) is 24.3 Å². The molecule has 0 aliphatic heterocycles. The molecule has 0 spiro atoms. The number of halogens is 2. The number of aliphatic hydroxyl groups excluding tert-OH is 1. The van der Waals surface area contributed by atoms with E-state index < -0.39 is 6.61 Å². The molecule has 1 aromatic carbocycles. The van der Waals surface area contributed by atoms with Gasteiger partial charge in [-0.3, -0.25) is 4.79 Å². The van der Waals surface area contributed by atoms with Crippen molar-refractivity contribution in [2.45, 2.75) is 13.5 Å². The first kappa shape index (κ1) is 14.4. The fourth-order valence-electron chi connectivity index (χ4n) is 1.51. The minimum atomic E-state index is -2.92. The molecule has 0 aliphatic carbocycles. The zero-order chi connectivity index (χ0) is 13.5. The molecule has 4 nitrogen and oxygen atoms in total. The second kappa shape index (κ2) is 6.90. The van der Waals surface area contributed by atoms with Crippen molar-refractivity contribution >= 4 is 5.91 Å². The molecule has 0 unspecified atom stereocenters. The van der Waals surface area contributed by atoms with Crippen LogP contribution >= 0.6 is 0 Å². The monoisotopic (exact) mass is 259 g/mol. The molecule has 0 saturated heterocycles. The maximum absolute atomic E-state index is 12.0. The Morgan fingerprint density at radius 1 is 1.50 bits per heavy atom. The van der Waals surface area contributed by atoms with Crippen molar-refractivity contribution in [3.8, 4) is 5.75 Å². The Morgan fingerprint density at radius 3 is 2.78 bits per heavy atom. The maximum Gasteiger partial charge on any atom is 0.387 e. The highest BCUT2D eigenvalue weighted by Crippen LogP contribution is 2.17. The first-order valence-corrected chi connectivity index (χ1v) is 5.53. The van der Waals surface area contributed by atoms with Gasteiger partial charge in [0.05, 0.1) is 6.61 Å². The van der Waals surface area contributed by atoms with Gasteiger partial charge in [0.25, 0.3) is 5.91 Å². The van der Waals surface area contributed by atoms with Gasteiger partial charge in [-0.25, -0.2) is 0 Å².